The maximum absolute atomic E-state index is 12.8. The van der Waals surface area contributed by atoms with Gasteiger partial charge in [-0.3, -0.25) is 4.79 Å². The third kappa shape index (κ3) is 2.95. The monoisotopic (exact) mass is 302 g/mol. The first kappa shape index (κ1) is 14.8. The molecule has 1 aliphatic heterocycles. The predicted molar refractivity (Wildman–Crippen MR) is 75.2 cm³/mol. The summed E-state index contributed by atoms with van der Waals surface area (Å²) < 4.78 is 11.1. The molecule has 19 heavy (non-hydrogen) atoms. The molecule has 0 unspecified atom stereocenters. The molecule has 0 spiro atoms. The number of hydrogen-bond acceptors (Lipinski definition) is 3. The number of Topliss-reactive ketones (excluding diaryl/α,β-unsaturated/α-hetero) is 1. The number of ether oxygens (including phenoxy) is 2. The fraction of sp³-hybridized carbons (Fsp3) is 0.500. The summed E-state index contributed by atoms with van der Waals surface area (Å²) in [5.74, 6) is -0.106. The Labute approximate surface area is 122 Å². The summed E-state index contributed by atoms with van der Waals surface area (Å²) in [6.45, 7) is 3.39. The van der Waals surface area contributed by atoms with Crippen molar-refractivity contribution in [2.75, 3.05) is 19.8 Å². The smallest absolute Gasteiger partial charge is 0.196 e. The number of rotatable bonds is 4. The molecular formula is C14H16Cl2O3. The van der Waals surface area contributed by atoms with Crippen LogP contribution in [0.4, 0.5) is 0 Å². The Hall–Kier alpha value is -0.610. The molecule has 0 N–H and O–H groups in total. The lowest BCUT2D eigenvalue weighted by Crippen LogP contribution is -2.46. The van der Waals surface area contributed by atoms with E-state index in [1.165, 1.54) is 0 Å². The average molecular weight is 303 g/mol. The van der Waals surface area contributed by atoms with Gasteiger partial charge in [0.15, 0.2) is 5.78 Å². The van der Waals surface area contributed by atoms with Crippen molar-refractivity contribution in [3.63, 3.8) is 0 Å². The fourth-order valence-electron chi connectivity index (χ4n) is 2.34. The van der Waals surface area contributed by atoms with Crippen LogP contribution in [-0.2, 0) is 9.47 Å². The minimum absolute atomic E-state index is 0.106. The molecule has 104 valence electrons. The summed E-state index contributed by atoms with van der Waals surface area (Å²) in [4.78, 5) is 12.8. The van der Waals surface area contributed by atoms with Gasteiger partial charge in [0.1, 0.15) is 5.60 Å². The number of carbonyl (C=O) groups is 1. The Morgan fingerprint density at radius 3 is 2.68 bits per heavy atom. The molecule has 0 aromatic heterocycles. The molecule has 0 bridgehead atoms. The Morgan fingerprint density at radius 2 is 2.05 bits per heavy atom. The normalized spacial score (nSPS) is 18.3. The van der Waals surface area contributed by atoms with Crippen molar-refractivity contribution < 1.29 is 14.3 Å². The molecule has 0 saturated carbocycles. The van der Waals surface area contributed by atoms with Crippen molar-refractivity contribution in [2.45, 2.75) is 25.4 Å². The van der Waals surface area contributed by atoms with E-state index in [1.807, 2.05) is 6.92 Å². The Balaban J connectivity index is 2.36. The highest BCUT2D eigenvalue weighted by atomic mass is 35.5. The van der Waals surface area contributed by atoms with E-state index in [1.54, 1.807) is 18.2 Å². The first-order valence-corrected chi connectivity index (χ1v) is 7.07. The van der Waals surface area contributed by atoms with Gasteiger partial charge in [-0.15, -0.1) is 0 Å². The van der Waals surface area contributed by atoms with Crippen molar-refractivity contribution >= 4 is 29.0 Å². The second kappa shape index (κ2) is 6.23. The largest absolute Gasteiger partial charge is 0.381 e. The summed E-state index contributed by atoms with van der Waals surface area (Å²) in [7, 11) is 0. The molecule has 1 fully saturated rings. The molecule has 0 atom stereocenters. The predicted octanol–water partition coefficient (Wildman–Crippen LogP) is 3.76. The zero-order valence-corrected chi connectivity index (χ0v) is 12.3. The standard InChI is InChI=1S/C14H16Cl2O3/c1-2-19-14(6-8-18-9-7-14)13(17)10-4-3-5-11(15)12(10)16/h3-5H,2,6-9H2,1H3. The van der Waals surface area contributed by atoms with Gasteiger partial charge in [-0.05, 0) is 19.1 Å². The molecular weight excluding hydrogens is 287 g/mol. The molecule has 2 rings (SSSR count). The second-order valence-electron chi connectivity index (χ2n) is 4.47. The lowest BCUT2D eigenvalue weighted by atomic mass is 9.85. The molecule has 1 aromatic rings. The molecule has 0 amide bonds. The van der Waals surface area contributed by atoms with Crippen molar-refractivity contribution in [2.24, 2.45) is 0 Å². The lowest BCUT2D eigenvalue weighted by molar-refractivity contribution is -0.0822. The van der Waals surface area contributed by atoms with Crippen LogP contribution >= 0.6 is 23.2 Å². The summed E-state index contributed by atoms with van der Waals surface area (Å²) >= 11 is 12.1. The zero-order chi connectivity index (χ0) is 13.9. The Kier molecular flexibility index (Phi) is 4.85. The summed E-state index contributed by atoms with van der Waals surface area (Å²) in [6, 6.07) is 5.07. The molecule has 1 heterocycles. The first-order chi connectivity index (χ1) is 9.10. The molecule has 1 aliphatic rings. The van der Waals surface area contributed by atoms with Gasteiger partial charge >= 0.3 is 0 Å². The topological polar surface area (TPSA) is 35.5 Å². The maximum atomic E-state index is 12.8. The van der Waals surface area contributed by atoms with Gasteiger partial charge in [0.05, 0.1) is 10.0 Å². The zero-order valence-electron chi connectivity index (χ0n) is 10.7. The van der Waals surface area contributed by atoms with Crippen molar-refractivity contribution in [1.82, 2.24) is 0 Å². The van der Waals surface area contributed by atoms with E-state index in [9.17, 15) is 4.79 Å². The number of benzene rings is 1. The number of carbonyl (C=O) groups excluding carboxylic acids is 1. The summed E-state index contributed by atoms with van der Waals surface area (Å²) in [5, 5.41) is 0.672. The van der Waals surface area contributed by atoms with Crippen LogP contribution in [0.3, 0.4) is 0 Å². The van der Waals surface area contributed by atoms with Gasteiger partial charge in [-0.1, -0.05) is 29.3 Å². The highest BCUT2D eigenvalue weighted by Gasteiger charge is 2.42. The third-order valence-electron chi connectivity index (χ3n) is 3.33. The van der Waals surface area contributed by atoms with Crippen molar-refractivity contribution in [3.05, 3.63) is 33.8 Å². The minimum atomic E-state index is -0.832. The van der Waals surface area contributed by atoms with Crippen LogP contribution in [-0.4, -0.2) is 31.2 Å². The molecule has 5 heteroatoms. The first-order valence-electron chi connectivity index (χ1n) is 6.31. The second-order valence-corrected chi connectivity index (χ2v) is 5.26. The van der Waals surface area contributed by atoms with Crippen LogP contribution in [0.5, 0.6) is 0 Å². The summed E-state index contributed by atoms with van der Waals surface area (Å²) in [6.07, 6.45) is 1.09. The molecule has 0 aliphatic carbocycles. The van der Waals surface area contributed by atoms with Crippen LogP contribution in [0.2, 0.25) is 10.0 Å². The van der Waals surface area contributed by atoms with Crippen molar-refractivity contribution in [3.8, 4) is 0 Å². The van der Waals surface area contributed by atoms with Crippen LogP contribution in [0.15, 0.2) is 18.2 Å². The Bertz CT molecular complexity index is 462. The number of ketones is 1. The van der Waals surface area contributed by atoms with Crippen LogP contribution in [0.1, 0.15) is 30.1 Å². The van der Waals surface area contributed by atoms with Gasteiger partial charge in [-0.2, -0.15) is 0 Å². The van der Waals surface area contributed by atoms with Crippen LogP contribution in [0, 0.1) is 0 Å². The van der Waals surface area contributed by atoms with E-state index in [2.05, 4.69) is 0 Å². The maximum Gasteiger partial charge on any atom is 0.196 e. The van der Waals surface area contributed by atoms with Crippen molar-refractivity contribution in [1.29, 1.82) is 0 Å². The Morgan fingerprint density at radius 1 is 1.37 bits per heavy atom. The van der Waals surface area contributed by atoms with Gasteiger partial charge in [0.2, 0.25) is 0 Å². The average Bonchev–Trinajstić information content (AvgIpc) is 2.42. The number of halogens is 2. The van der Waals surface area contributed by atoms with Crippen LogP contribution in [0.25, 0.3) is 0 Å². The molecule has 1 saturated heterocycles. The molecule has 3 nitrogen and oxygen atoms in total. The van der Waals surface area contributed by atoms with E-state index in [-0.39, 0.29) is 5.78 Å². The quantitative estimate of drug-likeness (QED) is 0.794. The number of hydrogen-bond donors (Lipinski definition) is 0. The van der Waals surface area contributed by atoms with Gasteiger partial charge in [0, 0.05) is 38.2 Å². The van der Waals surface area contributed by atoms with E-state index in [4.69, 9.17) is 32.7 Å². The van der Waals surface area contributed by atoms with Gasteiger partial charge in [0.25, 0.3) is 0 Å². The highest BCUT2D eigenvalue weighted by Crippen LogP contribution is 2.34. The SMILES string of the molecule is CCOC1(C(=O)c2cccc(Cl)c2Cl)CCOCC1. The summed E-state index contributed by atoms with van der Waals surface area (Å²) in [5.41, 5.74) is -0.411. The lowest BCUT2D eigenvalue weighted by Gasteiger charge is -2.35. The van der Waals surface area contributed by atoms with Gasteiger partial charge in [-0.25, -0.2) is 0 Å². The molecule has 0 radical (unpaired) electrons. The van der Waals surface area contributed by atoms with Gasteiger partial charge < -0.3 is 9.47 Å². The minimum Gasteiger partial charge on any atom is -0.381 e. The van der Waals surface area contributed by atoms with Crippen LogP contribution < -0.4 is 0 Å². The van der Waals surface area contributed by atoms with E-state index < -0.39 is 5.60 Å². The molecule has 1 aromatic carbocycles. The van der Waals surface area contributed by atoms with E-state index in [0.29, 0.717) is 48.3 Å². The highest BCUT2D eigenvalue weighted by molar-refractivity contribution is 6.44. The third-order valence-corrected chi connectivity index (χ3v) is 4.15. The van der Waals surface area contributed by atoms with E-state index in [0.717, 1.165) is 0 Å². The van der Waals surface area contributed by atoms with E-state index >= 15 is 0 Å². The fourth-order valence-corrected chi connectivity index (χ4v) is 2.73.